The van der Waals surface area contributed by atoms with Gasteiger partial charge in [0, 0.05) is 60.9 Å². The summed E-state index contributed by atoms with van der Waals surface area (Å²) in [4.78, 5) is 16.2. The molecule has 0 radical (unpaired) electrons. The summed E-state index contributed by atoms with van der Waals surface area (Å²) in [5.41, 5.74) is 5.32. The minimum absolute atomic E-state index is 0.634. The van der Waals surface area contributed by atoms with Crippen molar-refractivity contribution in [2.75, 3.05) is 49.4 Å². The van der Waals surface area contributed by atoms with Crippen molar-refractivity contribution in [3.8, 4) is 17.0 Å². The fraction of sp³-hybridized carbons (Fsp3) is 0.320. The molecule has 1 saturated heterocycles. The summed E-state index contributed by atoms with van der Waals surface area (Å²) >= 11 is 0. The van der Waals surface area contributed by atoms with Gasteiger partial charge < -0.3 is 24.1 Å². The highest BCUT2D eigenvalue weighted by atomic mass is 32.2. The Labute approximate surface area is 205 Å². The van der Waals surface area contributed by atoms with Crippen molar-refractivity contribution in [1.29, 1.82) is 0 Å². The Morgan fingerprint density at radius 3 is 2.91 bits per heavy atom. The Balaban J connectivity index is 1.35. The lowest BCUT2D eigenvalue weighted by atomic mass is 10.1. The number of hydrogen-bond donors (Lipinski definition) is 1. The maximum Gasteiger partial charge on any atom is 0.180 e. The molecule has 0 bridgehead atoms. The van der Waals surface area contributed by atoms with E-state index in [9.17, 15) is 4.21 Å². The number of morpholine rings is 1. The third-order valence-electron chi connectivity index (χ3n) is 6.38. The minimum atomic E-state index is -1.02. The molecule has 1 N–H and O–H groups in total. The van der Waals surface area contributed by atoms with E-state index < -0.39 is 10.8 Å². The molecular weight excluding hydrogens is 464 g/mol. The standard InChI is InChI=1S/C25H26N6O3S/c1-33-22-14-19(4-5-21(22)30-8-10-34-11-9-30)28-23-24-26-6-7-31(24)16-20(29-23)18-13-17-3-2-12-35(32)25(17)27-15-18/h4-7,13-16H,2-3,8-12H2,1H3,(H,28,29). The lowest BCUT2D eigenvalue weighted by Crippen LogP contribution is -2.36. The van der Waals surface area contributed by atoms with E-state index in [1.807, 2.05) is 28.9 Å². The van der Waals surface area contributed by atoms with Gasteiger partial charge >= 0.3 is 0 Å². The molecule has 9 nitrogen and oxygen atoms in total. The van der Waals surface area contributed by atoms with Gasteiger partial charge in [-0.3, -0.25) is 4.21 Å². The molecule has 0 aliphatic carbocycles. The Hall–Kier alpha value is -3.50. The molecule has 0 saturated carbocycles. The van der Waals surface area contributed by atoms with Crippen LogP contribution in [0.4, 0.5) is 17.2 Å². The first-order chi connectivity index (χ1) is 17.2. The highest BCUT2D eigenvalue weighted by Gasteiger charge is 2.20. The van der Waals surface area contributed by atoms with Crippen LogP contribution in [-0.4, -0.2) is 62.7 Å². The highest BCUT2D eigenvalue weighted by Crippen LogP contribution is 2.34. The largest absolute Gasteiger partial charge is 0.495 e. The van der Waals surface area contributed by atoms with Gasteiger partial charge in [-0.1, -0.05) is 0 Å². The smallest absolute Gasteiger partial charge is 0.180 e. The Morgan fingerprint density at radius 1 is 1.17 bits per heavy atom. The van der Waals surface area contributed by atoms with Crippen molar-refractivity contribution < 1.29 is 13.7 Å². The third kappa shape index (κ3) is 4.23. The molecule has 5 heterocycles. The number of anilines is 3. The predicted molar refractivity (Wildman–Crippen MR) is 135 cm³/mol. The van der Waals surface area contributed by atoms with Crippen molar-refractivity contribution in [2.45, 2.75) is 17.9 Å². The fourth-order valence-corrected chi connectivity index (χ4v) is 5.85. The molecule has 1 fully saturated rings. The predicted octanol–water partition coefficient (Wildman–Crippen LogP) is 3.43. The fourth-order valence-electron chi connectivity index (χ4n) is 4.62. The first kappa shape index (κ1) is 22.0. The first-order valence-corrected chi connectivity index (χ1v) is 13.0. The normalized spacial score (nSPS) is 17.9. The zero-order valence-corrected chi connectivity index (χ0v) is 20.3. The van der Waals surface area contributed by atoms with Crippen LogP contribution < -0.4 is 15.0 Å². The molecule has 10 heteroatoms. The number of aryl methyl sites for hydroxylation is 1. The number of nitrogens with zero attached hydrogens (tertiary/aromatic N) is 5. The molecule has 0 spiro atoms. The number of fused-ring (bicyclic) bond motifs is 2. The summed E-state index contributed by atoms with van der Waals surface area (Å²) in [5.74, 6) is 2.11. The van der Waals surface area contributed by atoms with Crippen LogP contribution in [0.3, 0.4) is 0 Å². The van der Waals surface area contributed by atoms with Crippen LogP contribution >= 0.6 is 0 Å². The van der Waals surface area contributed by atoms with Crippen LogP contribution in [0, 0.1) is 0 Å². The average Bonchev–Trinajstić information content (AvgIpc) is 3.38. The summed E-state index contributed by atoms with van der Waals surface area (Å²) in [6, 6.07) is 8.13. The van der Waals surface area contributed by atoms with Crippen molar-refractivity contribution in [2.24, 2.45) is 0 Å². The monoisotopic (exact) mass is 490 g/mol. The van der Waals surface area contributed by atoms with Crippen LogP contribution in [0.1, 0.15) is 12.0 Å². The second-order valence-electron chi connectivity index (χ2n) is 8.59. The maximum absolute atomic E-state index is 12.3. The number of imidazole rings is 1. The van der Waals surface area contributed by atoms with E-state index in [1.54, 1.807) is 19.5 Å². The van der Waals surface area contributed by atoms with Crippen molar-refractivity contribution in [3.63, 3.8) is 0 Å². The van der Waals surface area contributed by atoms with Gasteiger partial charge in [0.15, 0.2) is 11.5 Å². The lowest BCUT2D eigenvalue weighted by Gasteiger charge is -2.30. The SMILES string of the molecule is COc1cc(Nc2nc(-c3cnc4c(c3)CCCS4=O)cn3ccnc23)ccc1N1CCOCC1. The number of hydrogen-bond acceptors (Lipinski definition) is 8. The van der Waals surface area contributed by atoms with Gasteiger partial charge in [-0.25, -0.2) is 15.0 Å². The van der Waals surface area contributed by atoms with Gasteiger partial charge in [0.1, 0.15) is 10.8 Å². The summed E-state index contributed by atoms with van der Waals surface area (Å²) in [7, 11) is 0.670. The van der Waals surface area contributed by atoms with Crippen LogP contribution in [0.25, 0.3) is 16.9 Å². The molecule has 2 aliphatic rings. The van der Waals surface area contributed by atoms with E-state index in [2.05, 4.69) is 32.3 Å². The molecule has 1 unspecified atom stereocenters. The van der Waals surface area contributed by atoms with Gasteiger partial charge in [0.05, 0.1) is 42.5 Å². The van der Waals surface area contributed by atoms with Crippen molar-refractivity contribution in [3.05, 3.63) is 54.6 Å². The number of rotatable bonds is 5. The molecule has 1 aromatic carbocycles. The molecular formula is C25H26N6O3S. The third-order valence-corrected chi connectivity index (χ3v) is 7.84. The first-order valence-electron chi connectivity index (χ1n) is 11.7. The molecule has 3 aromatic heterocycles. The minimum Gasteiger partial charge on any atom is -0.495 e. The van der Waals surface area contributed by atoms with Gasteiger partial charge in [-0.15, -0.1) is 0 Å². The summed E-state index contributed by atoms with van der Waals surface area (Å²) in [5, 5.41) is 4.13. The maximum atomic E-state index is 12.3. The summed E-state index contributed by atoms with van der Waals surface area (Å²) in [6.45, 7) is 3.10. The van der Waals surface area contributed by atoms with Gasteiger partial charge in [-0.2, -0.15) is 0 Å². The average molecular weight is 491 g/mol. The van der Waals surface area contributed by atoms with Gasteiger partial charge in [-0.05, 0) is 36.6 Å². The lowest BCUT2D eigenvalue weighted by molar-refractivity contribution is 0.122. The number of benzene rings is 1. The number of methoxy groups -OCH3 is 1. The number of pyridine rings is 1. The Kier molecular flexibility index (Phi) is 5.83. The van der Waals surface area contributed by atoms with Crippen LogP contribution in [0.5, 0.6) is 5.75 Å². The van der Waals surface area contributed by atoms with Crippen LogP contribution in [-0.2, 0) is 22.0 Å². The van der Waals surface area contributed by atoms with E-state index in [0.29, 0.717) is 29.8 Å². The second kappa shape index (κ2) is 9.27. The molecule has 1 atom stereocenters. The Morgan fingerprint density at radius 2 is 2.06 bits per heavy atom. The molecule has 4 aromatic rings. The molecule has 0 amide bonds. The molecule has 35 heavy (non-hydrogen) atoms. The Bertz CT molecular complexity index is 1420. The molecule has 180 valence electrons. The van der Waals surface area contributed by atoms with Crippen LogP contribution in [0.2, 0.25) is 0 Å². The van der Waals surface area contributed by atoms with E-state index in [0.717, 1.165) is 65.5 Å². The highest BCUT2D eigenvalue weighted by molar-refractivity contribution is 7.85. The van der Waals surface area contributed by atoms with E-state index >= 15 is 0 Å². The zero-order valence-electron chi connectivity index (χ0n) is 19.4. The van der Waals surface area contributed by atoms with Gasteiger partial charge in [0.2, 0.25) is 0 Å². The van der Waals surface area contributed by atoms with E-state index in [1.165, 1.54) is 0 Å². The zero-order chi connectivity index (χ0) is 23.8. The quantitative estimate of drug-likeness (QED) is 0.455. The van der Waals surface area contributed by atoms with Crippen molar-refractivity contribution in [1.82, 2.24) is 19.4 Å². The second-order valence-corrected chi connectivity index (χ2v) is 10.1. The van der Waals surface area contributed by atoms with E-state index in [-0.39, 0.29) is 0 Å². The van der Waals surface area contributed by atoms with Crippen LogP contribution in [0.15, 0.2) is 54.1 Å². The summed E-state index contributed by atoms with van der Waals surface area (Å²) < 4.78 is 25.4. The summed E-state index contributed by atoms with van der Waals surface area (Å²) in [6.07, 6.45) is 9.15. The molecule has 6 rings (SSSR count). The number of nitrogens with one attached hydrogen (secondary N) is 1. The van der Waals surface area contributed by atoms with Crippen molar-refractivity contribution >= 4 is 33.6 Å². The van der Waals surface area contributed by atoms with E-state index in [4.69, 9.17) is 14.5 Å². The van der Waals surface area contributed by atoms with Gasteiger partial charge in [0.25, 0.3) is 0 Å². The number of ether oxygens (including phenoxy) is 2. The topological polar surface area (TPSA) is 93.9 Å². The number of aromatic nitrogens is 4. The molecule has 2 aliphatic heterocycles.